The lowest BCUT2D eigenvalue weighted by Gasteiger charge is -2.28. The minimum atomic E-state index is -0.596. The lowest BCUT2D eigenvalue weighted by atomic mass is 9.82. The molecule has 2 N–H and O–H groups in total. The van der Waals surface area contributed by atoms with E-state index in [9.17, 15) is 0 Å². The maximum atomic E-state index is 6.53. The quantitative estimate of drug-likeness (QED) is 0.320. The lowest BCUT2D eigenvalue weighted by molar-refractivity contribution is 0.533. The average Bonchev–Trinajstić information content (AvgIpc) is 3.46. The lowest BCUT2D eigenvalue weighted by Crippen LogP contribution is -2.25. The van der Waals surface area contributed by atoms with Crippen molar-refractivity contribution in [1.29, 1.82) is 0 Å². The molecule has 0 spiro atoms. The van der Waals surface area contributed by atoms with Crippen LogP contribution in [0, 0.1) is 0 Å². The predicted molar refractivity (Wildman–Crippen MR) is 138 cm³/mol. The van der Waals surface area contributed by atoms with Gasteiger partial charge in [-0.25, -0.2) is 0 Å². The first-order chi connectivity index (χ1) is 15.8. The molecule has 0 aromatic heterocycles. The third-order valence-electron chi connectivity index (χ3n) is 7.35. The number of nitrogens with two attached hydrogens (primary N) is 1. The summed E-state index contributed by atoms with van der Waals surface area (Å²) in [7, 11) is -0.596. The second-order valence-electron chi connectivity index (χ2n) is 9.07. The molecule has 0 radical (unpaired) electrons. The van der Waals surface area contributed by atoms with Crippen LogP contribution >= 0.6 is 7.92 Å². The Kier molecular flexibility index (Phi) is 5.08. The molecule has 4 aromatic rings. The van der Waals surface area contributed by atoms with E-state index in [1.54, 1.807) is 16.4 Å². The fraction of sp³-hybridized carbons (Fsp3) is 0.200. The highest BCUT2D eigenvalue weighted by atomic mass is 31.1. The Balaban J connectivity index is 1.51. The molecule has 2 heteroatoms. The highest BCUT2D eigenvalue weighted by Gasteiger charge is 2.38. The van der Waals surface area contributed by atoms with Crippen LogP contribution in [0.15, 0.2) is 97.1 Å². The van der Waals surface area contributed by atoms with Crippen molar-refractivity contribution >= 4 is 29.5 Å². The highest BCUT2D eigenvalue weighted by molar-refractivity contribution is 7.79. The number of benzene rings is 4. The van der Waals surface area contributed by atoms with E-state index in [0.717, 1.165) is 12.1 Å². The summed E-state index contributed by atoms with van der Waals surface area (Å²) in [6.45, 7) is 0. The Morgan fingerprint density at radius 3 is 1.72 bits per heavy atom. The summed E-state index contributed by atoms with van der Waals surface area (Å²) in [5.41, 5.74) is 13.6. The molecular formula is C30H28NP. The van der Waals surface area contributed by atoms with Crippen molar-refractivity contribution in [2.24, 2.45) is 0 Å². The summed E-state index contributed by atoms with van der Waals surface area (Å²) in [5.74, 6) is 1.10. The van der Waals surface area contributed by atoms with Crippen LogP contribution in [0.3, 0.4) is 0 Å². The van der Waals surface area contributed by atoms with Crippen LogP contribution in [0.2, 0.25) is 0 Å². The number of fused-ring (bicyclic) bond motifs is 2. The maximum absolute atomic E-state index is 6.53. The van der Waals surface area contributed by atoms with Gasteiger partial charge in [-0.3, -0.25) is 0 Å². The largest absolute Gasteiger partial charge is 0.398 e. The van der Waals surface area contributed by atoms with Crippen molar-refractivity contribution in [2.45, 2.75) is 37.5 Å². The van der Waals surface area contributed by atoms with Gasteiger partial charge in [0, 0.05) is 5.69 Å². The summed E-state index contributed by atoms with van der Waals surface area (Å²) >= 11 is 0. The second-order valence-corrected chi connectivity index (χ2v) is 11.3. The van der Waals surface area contributed by atoms with E-state index in [1.807, 2.05) is 0 Å². The molecule has 1 unspecified atom stereocenters. The summed E-state index contributed by atoms with van der Waals surface area (Å²) in [6, 6.07) is 35.8. The molecule has 1 nitrogen and oxygen atoms in total. The van der Waals surface area contributed by atoms with Crippen molar-refractivity contribution in [1.82, 2.24) is 0 Å². The fourth-order valence-corrected chi connectivity index (χ4v) is 8.62. The molecular weight excluding hydrogens is 405 g/mol. The van der Waals surface area contributed by atoms with Gasteiger partial charge in [0.25, 0.3) is 0 Å². The summed E-state index contributed by atoms with van der Waals surface area (Å²) in [6.07, 6.45) is 4.79. The monoisotopic (exact) mass is 433 g/mol. The van der Waals surface area contributed by atoms with Gasteiger partial charge >= 0.3 is 0 Å². The molecule has 2 atom stereocenters. The Bertz CT molecular complexity index is 1210. The van der Waals surface area contributed by atoms with Crippen LogP contribution in [0.1, 0.15) is 46.9 Å². The van der Waals surface area contributed by atoms with Gasteiger partial charge in [-0.2, -0.15) is 0 Å². The van der Waals surface area contributed by atoms with Crippen molar-refractivity contribution in [2.75, 3.05) is 5.73 Å². The molecule has 0 aliphatic heterocycles. The number of hydrogen-bond donors (Lipinski definition) is 1. The number of hydrogen-bond acceptors (Lipinski definition) is 1. The smallest absolute Gasteiger partial charge is 0.0352 e. The zero-order valence-corrected chi connectivity index (χ0v) is 19.1. The van der Waals surface area contributed by atoms with Crippen molar-refractivity contribution in [3.8, 4) is 0 Å². The van der Waals surface area contributed by atoms with Crippen LogP contribution in [0.5, 0.6) is 0 Å². The van der Waals surface area contributed by atoms with Gasteiger partial charge < -0.3 is 5.73 Å². The molecule has 158 valence electrons. The molecule has 6 rings (SSSR count). The minimum absolute atomic E-state index is 0.539. The van der Waals surface area contributed by atoms with Crippen molar-refractivity contribution < 1.29 is 0 Å². The Hall–Kier alpha value is -2.89. The third-order valence-corrected chi connectivity index (χ3v) is 9.85. The van der Waals surface area contributed by atoms with Gasteiger partial charge in [0.05, 0.1) is 0 Å². The first-order valence-corrected chi connectivity index (χ1v) is 13.0. The van der Waals surface area contributed by atoms with Crippen LogP contribution in [0.4, 0.5) is 5.69 Å². The first-order valence-electron chi connectivity index (χ1n) is 11.7. The van der Waals surface area contributed by atoms with Crippen molar-refractivity contribution in [3.63, 3.8) is 0 Å². The third kappa shape index (κ3) is 3.28. The van der Waals surface area contributed by atoms with Gasteiger partial charge in [-0.15, -0.1) is 0 Å². The summed E-state index contributed by atoms with van der Waals surface area (Å²) < 4.78 is 0. The first kappa shape index (κ1) is 19.8. The average molecular weight is 434 g/mol. The number of aryl methyl sites for hydroxylation is 2. The van der Waals surface area contributed by atoms with Crippen LogP contribution in [-0.2, 0) is 12.8 Å². The Labute approximate surface area is 192 Å². The molecule has 32 heavy (non-hydrogen) atoms. The predicted octanol–water partition coefficient (Wildman–Crippen LogP) is 5.79. The number of rotatable bonds is 4. The molecule has 0 saturated carbocycles. The molecule has 0 fully saturated rings. The minimum Gasteiger partial charge on any atom is -0.398 e. The van der Waals surface area contributed by atoms with E-state index in [1.165, 1.54) is 41.0 Å². The zero-order chi connectivity index (χ0) is 21.5. The molecule has 0 heterocycles. The molecule has 4 aromatic carbocycles. The fourth-order valence-electron chi connectivity index (χ4n) is 6.04. The van der Waals surface area contributed by atoms with Crippen LogP contribution in [0.25, 0.3) is 0 Å². The van der Waals surface area contributed by atoms with E-state index in [0.29, 0.717) is 11.8 Å². The Morgan fingerprint density at radius 2 is 1.09 bits per heavy atom. The van der Waals surface area contributed by atoms with Gasteiger partial charge in [-0.05, 0) is 89.7 Å². The molecule has 0 amide bonds. The van der Waals surface area contributed by atoms with Crippen LogP contribution in [-0.4, -0.2) is 0 Å². The zero-order valence-electron chi connectivity index (χ0n) is 18.2. The van der Waals surface area contributed by atoms with Crippen molar-refractivity contribution in [3.05, 3.63) is 119 Å². The van der Waals surface area contributed by atoms with E-state index in [2.05, 4.69) is 97.1 Å². The molecule has 2 aliphatic rings. The standard InChI is InChI=1S/C30H28NP/c31-27-15-7-9-21-17-19-25(29(21)27)26-20-18-22-10-8-16-28(30(22)26)32(23-11-3-1-4-12-23)24-13-5-2-6-14-24/h1-16,25-26H,17-20,31H2/t25-,26?/m1/s1. The van der Waals surface area contributed by atoms with E-state index in [4.69, 9.17) is 5.73 Å². The van der Waals surface area contributed by atoms with Gasteiger partial charge in [-0.1, -0.05) is 91.0 Å². The van der Waals surface area contributed by atoms with E-state index >= 15 is 0 Å². The molecule has 2 aliphatic carbocycles. The summed E-state index contributed by atoms with van der Waals surface area (Å²) in [4.78, 5) is 0. The topological polar surface area (TPSA) is 26.0 Å². The number of nitrogen functional groups attached to an aromatic ring is 1. The van der Waals surface area contributed by atoms with Gasteiger partial charge in [0.1, 0.15) is 0 Å². The SMILES string of the molecule is Nc1cccc2c1[C@@H](C1CCc3cccc(P(c4ccccc4)c4ccccc4)c31)CC2. The maximum Gasteiger partial charge on any atom is 0.0352 e. The summed E-state index contributed by atoms with van der Waals surface area (Å²) in [5, 5.41) is 4.40. The van der Waals surface area contributed by atoms with Gasteiger partial charge in [0.2, 0.25) is 0 Å². The number of anilines is 1. The van der Waals surface area contributed by atoms with Crippen LogP contribution < -0.4 is 21.6 Å². The normalized spacial score (nSPS) is 19.2. The highest BCUT2D eigenvalue weighted by Crippen LogP contribution is 2.52. The van der Waals surface area contributed by atoms with Gasteiger partial charge in [0.15, 0.2) is 0 Å². The second kappa shape index (κ2) is 8.23. The molecule has 0 saturated heterocycles. The Morgan fingerprint density at radius 1 is 0.562 bits per heavy atom. The van der Waals surface area contributed by atoms with E-state index < -0.39 is 7.92 Å². The molecule has 0 bridgehead atoms. The van der Waals surface area contributed by atoms with E-state index in [-0.39, 0.29) is 0 Å².